The second kappa shape index (κ2) is 22.8. The zero-order valence-electron chi connectivity index (χ0n) is 46.4. The second-order valence-electron chi connectivity index (χ2n) is 23.4. The average Bonchev–Trinajstić information content (AvgIpc) is 3.97. The molecule has 2 N–H and O–H groups in total. The van der Waals surface area contributed by atoms with Gasteiger partial charge in [0.1, 0.15) is 52.7 Å². The van der Waals surface area contributed by atoms with Gasteiger partial charge < -0.3 is 38.8 Å². The normalized spacial score (nSPS) is 19.9. The SMILES string of the molecule is CC(C)[C@H](NC(=O)OC(C)(C)C)C(=O)Oc1ccccc1-c1cc(-n2cc(N3CCN(C4CCC(c5cccc6c5OCCN6[C@H]5CCC(=O)N(C(=O)OC(C)(C)C)C5=O)CC4)CC3=O)cn2)c(NC(=O)OC(C)(C)C)nn1. The van der Waals surface area contributed by atoms with Crippen LogP contribution in [0.15, 0.2) is 60.9 Å². The largest absolute Gasteiger partial charge is 0.489 e. The fourth-order valence-electron chi connectivity index (χ4n) is 10.2. The number of esters is 1. The number of anilines is 3. The first-order chi connectivity index (χ1) is 36.7. The first-order valence-corrected chi connectivity index (χ1v) is 26.6. The van der Waals surface area contributed by atoms with Gasteiger partial charge in [-0.1, -0.05) is 38.1 Å². The Kier molecular flexibility index (Phi) is 16.5. The minimum atomic E-state index is -1.05. The number of carbonyl (C=O) groups excluding carboxylic acids is 7. The summed E-state index contributed by atoms with van der Waals surface area (Å²) in [5, 5.41) is 18.7. The van der Waals surface area contributed by atoms with Gasteiger partial charge in [0.05, 0.1) is 42.6 Å². The molecule has 2 saturated heterocycles. The Balaban J connectivity index is 0.945. The predicted molar refractivity (Wildman–Crippen MR) is 287 cm³/mol. The third-order valence-corrected chi connectivity index (χ3v) is 13.6. The molecule has 0 bridgehead atoms. The Morgan fingerprint density at radius 1 is 0.756 bits per heavy atom. The van der Waals surface area contributed by atoms with E-state index >= 15 is 0 Å². The van der Waals surface area contributed by atoms with Crippen LogP contribution in [0.1, 0.15) is 126 Å². The lowest BCUT2D eigenvalue weighted by atomic mass is 9.80. The van der Waals surface area contributed by atoms with Crippen LogP contribution in [-0.2, 0) is 33.4 Å². The molecule has 1 aliphatic carbocycles. The quantitative estimate of drug-likeness (QED) is 0.0622. The fourth-order valence-corrected chi connectivity index (χ4v) is 10.2. The number of imide groups is 3. The van der Waals surface area contributed by atoms with Crippen molar-refractivity contribution in [3.05, 3.63) is 66.5 Å². The molecule has 2 aromatic carbocycles. The second-order valence-corrected chi connectivity index (χ2v) is 23.4. The molecule has 0 spiro atoms. The maximum atomic E-state index is 14.1. The monoisotopic (exact) mass is 1080 g/mol. The van der Waals surface area contributed by atoms with Crippen molar-refractivity contribution in [2.45, 2.75) is 156 Å². The van der Waals surface area contributed by atoms with Gasteiger partial charge in [0.15, 0.2) is 5.82 Å². The van der Waals surface area contributed by atoms with Crippen LogP contribution in [0.5, 0.6) is 11.5 Å². The number of benzene rings is 2. The lowest BCUT2D eigenvalue weighted by Gasteiger charge is -2.43. The summed E-state index contributed by atoms with van der Waals surface area (Å²) in [7, 11) is 0. The molecule has 0 unspecified atom stereocenters. The number of piperidine rings is 1. The van der Waals surface area contributed by atoms with E-state index in [0.29, 0.717) is 48.1 Å². The summed E-state index contributed by atoms with van der Waals surface area (Å²) in [6.45, 7) is 20.9. The molecule has 0 radical (unpaired) electrons. The molecule has 418 valence electrons. The number of likely N-dealkylation sites (tertiary alicyclic amines) is 1. The molecule has 2 atom stereocenters. The minimum Gasteiger partial charge on any atom is -0.489 e. The highest BCUT2D eigenvalue weighted by Gasteiger charge is 2.45. The first-order valence-electron chi connectivity index (χ1n) is 26.6. The van der Waals surface area contributed by atoms with Crippen LogP contribution in [0.3, 0.4) is 0 Å². The van der Waals surface area contributed by atoms with E-state index in [1.165, 1.54) is 4.68 Å². The summed E-state index contributed by atoms with van der Waals surface area (Å²) in [5.41, 5.74) is 0.745. The summed E-state index contributed by atoms with van der Waals surface area (Å²) in [4.78, 5) is 99.8. The topological polar surface area (TPSA) is 246 Å². The number of ether oxygens (including phenoxy) is 5. The van der Waals surface area contributed by atoms with E-state index in [1.807, 2.05) is 17.0 Å². The van der Waals surface area contributed by atoms with Crippen molar-refractivity contribution in [2.24, 2.45) is 5.92 Å². The average molecular weight is 1080 g/mol. The molecule has 78 heavy (non-hydrogen) atoms. The Morgan fingerprint density at radius 2 is 1.45 bits per heavy atom. The van der Waals surface area contributed by atoms with Crippen LogP contribution in [0.4, 0.5) is 31.6 Å². The third-order valence-electron chi connectivity index (χ3n) is 13.6. The van der Waals surface area contributed by atoms with Gasteiger partial charge in [0.2, 0.25) is 11.8 Å². The third kappa shape index (κ3) is 13.4. The molecular weight excluding hydrogens is 1000 g/mol. The van der Waals surface area contributed by atoms with Crippen molar-refractivity contribution in [3.8, 4) is 28.4 Å². The van der Waals surface area contributed by atoms with Gasteiger partial charge in [-0.2, -0.15) is 10.00 Å². The molecule has 6 amide bonds. The van der Waals surface area contributed by atoms with Crippen molar-refractivity contribution in [2.75, 3.05) is 47.9 Å². The lowest BCUT2D eigenvalue weighted by Crippen LogP contribution is -2.58. The number of para-hydroxylation sites is 2. The number of piperazine rings is 1. The van der Waals surface area contributed by atoms with Crippen LogP contribution in [0, 0.1) is 5.92 Å². The number of carbonyl (C=O) groups is 7. The number of rotatable bonds is 11. The van der Waals surface area contributed by atoms with Gasteiger partial charge in [0, 0.05) is 31.1 Å². The van der Waals surface area contributed by atoms with Gasteiger partial charge in [-0.15, -0.1) is 10.2 Å². The number of fused-ring (bicyclic) bond motifs is 1. The molecule has 5 heterocycles. The van der Waals surface area contributed by atoms with Crippen molar-refractivity contribution in [1.29, 1.82) is 0 Å². The van der Waals surface area contributed by atoms with E-state index in [1.54, 1.807) is 124 Å². The Hall–Kier alpha value is -7.62. The summed E-state index contributed by atoms with van der Waals surface area (Å²) >= 11 is 0. The van der Waals surface area contributed by atoms with Crippen molar-refractivity contribution in [3.63, 3.8) is 0 Å². The van der Waals surface area contributed by atoms with Gasteiger partial charge in [-0.25, -0.2) is 23.9 Å². The van der Waals surface area contributed by atoms with E-state index in [4.69, 9.17) is 23.7 Å². The Bertz CT molecular complexity index is 2930. The number of nitrogens with one attached hydrogen (secondary N) is 2. The molecule has 3 fully saturated rings. The zero-order valence-corrected chi connectivity index (χ0v) is 46.4. The summed E-state index contributed by atoms with van der Waals surface area (Å²) in [6, 6.07) is 12.7. The Labute approximate surface area is 454 Å². The maximum Gasteiger partial charge on any atom is 0.424 e. The van der Waals surface area contributed by atoms with Gasteiger partial charge >= 0.3 is 24.2 Å². The number of hydrogen-bond acceptors (Lipinski definition) is 17. The fraction of sp³-hybridized carbons (Fsp3) is 0.536. The number of alkyl carbamates (subject to hydrolysis) is 1. The minimum absolute atomic E-state index is 0.00820. The van der Waals surface area contributed by atoms with Crippen LogP contribution in [0.25, 0.3) is 16.9 Å². The standard InChI is InChI=1S/C56H72N10O12/c1-33(2)46(58-51(71)76-54(3,4)5)50(70)75-43-18-13-12-15-38(43)39-29-42(48(61-60-39)59-52(72)77-55(6,7)8)65-31-36(30-57-65)63-26-25-62(32-45(63)68)35-21-19-34(20-22-35)37-16-14-17-40-47(37)74-28-27-64(40)41-23-24-44(67)66(49(41)69)53(73)78-56(9,10)11/h12-18,29-31,33-35,41,46H,19-28,32H2,1-11H3,(H,58,71)(H,59,61,72)/t34?,35?,41-,46-/m0/s1. The summed E-state index contributed by atoms with van der Waals surface area (Å²) in [6.07, 6.45) is 4.45. The maximum absolute atomic E-state index is 14.1. The molecule has 22 heteroatoms. The van der Waals surface area contributed by atoms with Crippen molar-refractivity contribution >= 4 is 59.2 Å². The number of nitrogens with zero attached hydrogens (tertiary/aromatic N) is 8. The van der Waals surface area contributed by atoms with E-state index in [2.05, 4.69) is 36.9 Å². The molecule has 2 aromatic heterocycles. The smallest absolute Gasteiger partial charge is 0.424 e. The highest BCUT2D eigenvalue weighted by molar-refractivity contribution is 6.13. The van der Waals surface area contributed by atoms with E-state index in [0.717, 1.165) is 36.9 Å². The predicted octanol–water partition coefficient (Wildman–Crippen LogP) is 8.16. The van der Waals surface area contributed by atoms with E-state index in [-0.39, 0.29) is 66.1 Å². The molecule has 8 rings (SSSR count). The van der Waals surface area contributed by atoms with Gasteiger partial charge in [0.25, 0.3) is 5.91 Å². The lowest BCUT2D eigenvalue weighted by molar-refractivity contribution is -0.147. The van der Waals surface area contributed by atoms with Crippen LogP contribution < -0.4 is 29.9 Å². The number of hydrogen-bond donors (Lipinski definition) is 2. The highest BCUT2D eigenvalue weighted by Crippen LogP contribution is 2.45. The van der Waals surface area contributed by atoms with E-state index in [9.17, 15) is 33.6 Å². The van der Waals surface area contributed by atoms with Crippen molar-refractivity contribution < 1.29 is 57.2 Å². The molecule has 22 nitrogen and oxygen atoms in total. The molecule has 3 aliphatic heterocycles. The van der Waals surface area contributed by atoms with Crippen LogP contribution in [0.2, 0.25) is 0 Å². The Morgan fingerprint density at radius 3 is 2.13 bits per heavy atom. The number of aromatic nitrogens is 4. The number of amides is 6. The van der Waals surface area contributed by atoms with Crippen LogP contribution >= 0.6 is 0 Å². The summed E-state index contributed by atoms with van der Waals surface area (Å²) < 4.78 is 30.1. The first kappa shape index (κ1) is 56.6. The molecular formula is C56H72N10O12. The van der Waals surface area contributed by atoms with Crippen molar-refractivity contribution in [1.82, 2.24) is 35.1 Å². The molecule has 4 aromatic rings. The molecule has 4 aliphatic rings. The molecule has 1 saturated carbocycles. The van der Waals surface area contributed by atoms with Gasteiger partial charge in [-0.3, -0.25) is 24.6 Å². The van der Waals surface area contributed by atoms with E-state index < -0.39 is 65.0 Å². The summed E-state index contributed by atoms with van der Waals surface area (Å²) in [5.74, 6) is -1.32. The zero-order chi connectivity index (χ0) is 56.4. The van der Waals surface area contributed by atoms with Crippen LogP contribution in [-0.4, -0.2) is 139 Å². The van der Waals surface area contributed by atoms with Gasteiger partial charge in [-0.05, 0) is 136 Å². The highest BCUT2D eigenvalue weighted by atomic mass is 16.6.